The summed E-state index contributed by atoms with van der Waals surface area (Å²) in [5.74, 6) is -0.358. The number of halogens is 3. The second-order valence-electron chi connectivity index (χ2n) is 6.18. The van der Waals surface area contributed by atoms with Crippen LogP contribution in [-0.2, 0) is 0 Å². The Balaban J connectivity index is 2.17. The Hall–Kier alpha value is -2.95. The summed E-state index contributed by atoms with van der Waals surface area (Å²) in [6.07, 6.45) is -3.35. The van der Waals surface area contributed by atoms with Crippen molar-refractivity contribution in [3.8, 4) is 23.4 Å². The number of nitrogens with zero attached hydrogens (tertiary/aromatic N) is 2. The minimum Gasteiger partial charge on any atom is -0.439 e. The number of hydrogen-bond acceptors (Lipinski definition) is 5. The van der Waals surface area contributed by atoms with E-state index in [0.29, 0.717) is 0 Å². The summed E-state index contributed by atoms with van der Waals surface area (Å²) in [5, 5.41) is 12.1. The third-order valence-electron chi connectivity index (χ3n) is 2.78. The number of aromatic nitrogens is 1. The molecule has 0 radical (unpaired) electrons. The summed E-state index contributed by atoms with van der Waals surface area (Å²) in [5.41, 5.74) is 0.393. The van der Waals surface area contributed by atoms with Crippen LogP contribution < -0.4 is 14.8 Å². The molecule has 0 saturated carbocycles. The molecule has 0 fully saturated rings. The Morgan fingerprint density at radius 1 is 1.12 bits per heavy atom. The maximum absolute atomic E-state index is 12.4. The summed E-state index contributed by atoms with van der Waals surface area (Å²) >= 11 is 0. The van der Waals surface area contributed by atoms with Crippen molar-refractivity contribution in [2.24, 2.45) is 0 Å². The second-order valence-corrected chi connectivity index (χ2v) is 6.18. The van der Waals surface area contributed by atoms with Crippen molar-refractivity contribution in [3.05, 3.63) is 42.1 Å². The number of benzene rings is 1. The Morgan fingerprint density at radius 2 is 1.84 bits per heavy atom. The van der Waals surface area contributed by atoms with Crippen LogP contribution in [0, 0.1) is 11.3 Å². The van der Waals surface area contributed by atoms with E-state index in [4.69, 9.17) is 10.00 Å². The van der Waals surface area contributed by atoms with Gasteiger partial charge in [0.15, 0.2) is 5.75 Å². The summed E-state index contributed by atoms with van der Waals surface area (Å²) in [4.78, 5) is 4.09. The van der Waals surface area contributed by atoms with Crippen molar-refractivity contribution >= 4 is 5.69 Å². The molecule has 0 unspecified atom stereocenters. The van der Waals surface area contributed by atoms with E-state index in [0.717, 1.165) is 11.8 Å². The molecule has 0 aliphatic rings. The Bertz CT molecular complexity index is 776. The van der Waals surface area contributed by atoms with E-state index in [-0.39, 0.29) is 22.7 Å². The largest absolute Gasteiger partial charge is 0.573 e. The molecule has 1 aromatic carbocycles. The van der Waals surface area contributed by atoms with Crippen molar-refractivity contribution in [1.82, 2.24) is 4.98 Å². The van der Waals surface area contributed by atoms with Gasteiger partial charge in [-0.05, 0) is 39.0 Å². The molecule has 0 aliphatic carbocycles. The highest BCUT2D eigenvalue weighted by Gasteiger charge is 2.32. The standard InChI is InChI=1S/C17H16F3N3O2/c1-16(2,3)23-12-5-7-15(22-10-12)24-13-6-4-11(9-21)14(8-13)25-17(18,19)20/h4-8,10,23H,1-3H3. The average Bonchev–Trinajstić information content (AvgIpc) is 2.46. The van der Waals surface area contributed by atoms with E-state index in [1.165, 1.54) is 12.1 Å². The lowest BCUT2D eigenvalue weighted by Gasteiger charge is -2.21. The Kier molecular flexibility index (Phi) is 5.07. The molecule has 8 heteroatoms. The van der Waals surface area contributed by atoms with E-state index >= 15 is 0 Å². The van der Waals surface area contributed by atoms with Gasteiger partial charge in [-0.3, -0.25) is 0 Å². The fourth-order valence-electron chi connectivity index (χ4n) is 1.94. The first-order chi connectivity index (χ1) is 11.6. The van der Waals surface area contributed by atoms with Gasteiger partial charge < -0.3 is 14.8 Å². The normalized spacial score (nSPS) is 11.6. The molecule has 0 aliphatic heterocycles. The van der Waals surface area contributed by atoms with Crippen LogP contribution in [0.4, 0.5) is 18.9 Å². The molecule has 1 aromatic heterocycles. The minimum absolute atomic E-state index is 0.0716. The predicted molar refractivity (Wildman–Crippen MR) is 85.5 cm³/mol. The number of rotatable bonds is 4. The number of alkyl halides is 3. The van der Waals surface area contributed by atoms with E-state index in [1.807, 2.05) is 20.8 Å². The van der Waals surface area contributed by atoms with Gasteiger partial charge in [-0.25, -0.2) is 4.98 Å². The van der Waals surface area contributed by atoms with E-state index in [9.17, 15) is 13.2 Å². The SMILES string of the molecule is CC(C)(C)Nc1ccc(Oc2ccc(C#N)c(OC(F)(F)F)c2)nc1. The predicted octanol–water partition coefficient (Wildman–Crippen LogP) is 4.85. The smallest absolute Gasteiger partial charge is 0.439 e. The Labute approximate surface area is 143 Å². The first kappa shape index (κ1) is 18.4. The average molecular weight is 351 g/mol. The van der Waals surface area contributed by atoms with Crippen molar-refractivity contribution in [1.29, 1.82) is 5.26 Å². The van der Waals surface area contributed by atoms with Crippen molar-refractivity contribution in [3.63, 3.8) is 0 Å². The van der Waals surface area contributed by atoms with Crippen LogP contribution in [0.1, 0.15) is 26.3 Å². The molecular weight excluding hydrogens is 335 g/mol. The van der Waals surface area contributed by atoms with Crippen molar-refractivity contribution < 1.29 is 22.6 Å². The minimum atomic E-state index is -4.90. The monoisotopic (exact) mass is 351 g/mol. The quantitative estimate of drug-likeness (QED) is 0.852. The molecule has 0 bridgehead atoms. The lowest BCUT2D eigenvalue weighted by molar-refractivity contribution is -0.274. The van der Waals surface area contributed by atoms with Crippen molar-refractivity contribution in [2.75, 3.05) is 5.32 Å². The Morgan fingerprint density at radius 3 is 2.36 bits per heavy atom. The topological polar surface area (TPSA) is 67.2 Å². The van der Waals surface area contributed by atoms with Gasteiger partial charge >= 0.3 is 6.36 Å². The van der Waals surface area contributed by atoms with Gasteiger partial charge in [-0.1, -0.05) is 0 Å². The zero-order valence-corrected chi connectivity index (χ0v) is 13.8. The summed E-state index contributed by atoms with van der Waals surface area (Å²) in [7, 11) is 0. The number of nitrogens with one attached hydrogen (secondary N) is 1. The molecule has 5 nitrogen and oxygen atoms in total. The van der Waals surface area contributed by atoms with Crippen LogP contribution in [0.25, 0.3) is 0 Å². The number of hydrogen-bond donors (Lipinski definition) is 1. The van der Waals surface area contributed by atoms with Gasteiger partial charge in [0.05, 0.1) is 17.4 Å². The maximum Gasteiger partial charge on any atom is 0.573 e. The summed E-state index contributed by atoms with van der Waals surface area (Å²) in [6, 6.07) is 8.50. The van der Waals surface area contributed by atoms with Crippen LogP contribution in [0.2, 0.25) is 0 Å². The number of ether oxygens (including phenoxy) is 2. The van der Waals surface area contributed by atoms with Gasteiger partial charge in [-0.2, -0.15) is 5.26 Å². The maximum atomic E-state index is 12.4. The molecule has 1 heterocycles. The first-order valence-electron chi connectivity index (χ1n) is 7.28. The first-order valence-corrected chi connectivity index (χ1v) is 7.28. The van der Waals surface area contributed by atoms with Gasteiger partial charge in [0, 0.05) is 17.7 Å². The zero-order valence-electron chi connectivity index (χ0n) is 13.8. The molecule has 0 amide bonds. The number of nitriles is 1. The molecular formula is C17H16F3N3O2. The molecule has 0 atom stereocenters. The summed E-state index contributed by atoms with van der Waals surface area (Å²) in [6.45, 7) is 5.99. The van der Waals surface area contributed by atoms with Crippen LogP contribution in [0.3, 0.4) is 0 Å². The van der Waals surface area contributed by atoms with E-state index in [2.05, 4.69) is 15.0 Å². The lowest BCUT2D eigenvalue weighted by atomic mass is 10.1. The molecule has 25 heavy (non-hydrogen) atoms. The summed E-state index contributed by atoms with van der Waals surface area (Å²) < 4.78 is 46.5. The third-order valence-corrected chi connectivity index (χ3v) is 2.78. The molecule has 0 saturated heterocycles. The number of pyridine rings is 1. The van der Waals surface area contributed by atoms with Crippen LogP contribution in [-0.4, -0.2) is 16.9 Å². The third kappa shape index (κ3) is 5.88. The molecule has 2 rings (SSSR count). The molecule has 2 aromatic rings. The highest BCUT2D eigenvalue weighted by Crippen LogP contribution is 2.31. The van der Waals surface area contributed by atoms with E-state index < -0.39 is 12.1 Å². The zero-order chi connectivity index (χ0) is 18.7. The fraction of sp³-hybridized carbons (Fsp3) is 0.294. The van der Waals surface area contributed by atoms with E-state index in [1.54, 1.807) is 24.4 Å². The van der Waals surface area contributed by atoms with Crippen LogP contribution >= 0.6 is 0 Å². The van der Waals surface area contributed by atoms with Gasteiger partial charge in [0.1, 0.15) is 11.8 Å². The highest BCUT2D eigenvalue weighted by molar-refractivity contribution is 5.49. The van der Waals surface area contributed by atoms with Gasteiger partial charge in [0.2, 0.25) is 5.88 Å². The fourth-order valence-corrected chi connectivity index (χ4v) is 1.94. The highest BCUT2D eigenvalue weighted by atomic mass is 19.4. The van der Waals surface area contributed by atoms with Gasteiger partial charge in [-0.15, -0.1) is 13.2 Å². The van der Waals surface area contributed by atoms with Crippen molar-refractivity contribution in [2.45, 2.75) is 32.7 Å². The molecule has 1 N–H and O–H groups in total. The van der Waals surface area contributed by atoms with Crippen LogP contribution in [0.15, 0.2) is 36.5 Å². The number of anilines is 1. The van der Waals surface area contributed by atoms with Crippen LogP contribution in [0.5, 0.6) is 17.4 Å². The molecule has 0 spiro atoms. The second kappa shape index (κ2) is 6.89. The molecule has 132 valence electrons. The lowest BCUT2D eigenvalue weighted by Crippen LogP contribution is -2.25. The van der Waals surface area contributed by atoms with Gasteiger partial charge in [0.25, 0.3) is 0 Å².